The normalized spacial score (nSPS) is 17.7. The molecule has 174 valence electrons. The number of rotatable bonds is 6. The Hall–Kier alpha value is -3.31. The van der Waals surface area contributed by atoms with Gasteiger partial charge in [0.05, 0.1) is 18.3 Å². The monoisotopic (exact) mass is 478 g/mol. The van der Waals surface area contributed by atoms with Crippen LogP contribution < -0.4 is 10.2 Å². The average Bonchev–Trinajstić information content (AvgIpc) is 3.34. The Morgan fingerprint density at radius 1 is 1.24 bits per heavy atom. The molecule has 3 atom stereocenters. The molecular weight excluding hydrogens is 458 g/mol. The molecule has 1 saturated heterocycles. The quantitative estimate of drug-likeness (QED) is 0.520. The maximum atomic E-state index is 14.9. The van der Waals surface area contributed by atoms with Gasteiger partial charge in [-0.05, 0) is 26.0 Å². The summed E-state index contributed by atoms with van der Waals surface area (Å²) in [6.45, 7) is 3.12. The molecule has 2 N–H and O–H groups in total. The number of aromatic nitrogens is 4. The second kappa shape index (κ2) is 8.91. The summed E-state index contributed by atoms with van der Waals surface area (Å²) in [5, 5.41) is 16.8. The smallest absolute Gasteiger partial charge is 0.416 e. The topological polar surface area (TPSA) is 105 Å². The zero-order chi connectivity index (χ0) is 23.9. The zero-order valence-electron chi connectivity index (χ0n) is 18.0. The molecule has 0 unspecified atom stereocenters. The molecule has 33 heavy (non-hydrogen) atoms. The Kier molecular flexibility index (Phi) is 6.17. The number of nitrogens with one attached hydrogen (secondary N) is 1. The number of ether oxygens (including phenoxy) is 1. The Labute approximate surface area is 193 Å². The molecule has 9 nitrogen and oxygen atoms in total. The third-order valence-corrected chi connectivity index (χ3v) is 5.50. The number of carbonyl (C=O) groups is 1. The summed E-state index contributed by atoms with van der Waals surface area (Å²) in [6, 6.07) is 2.16. The lowest BCUT2D eigenvalue weighted by molar-refractivity contribution is 0.142. The van der Waals surface area contributed by atoms with E-state index in [1.54, 1.807) is 20.2 Å². The Morgan fingerprint density at radius 3 is 2.67 bits per heavy atom. The number of aryl methyl sites for hydroxylation is 1. The van der Waals surface area contributed by atoms with Crippen molar-refractivity contribution < 1.29 is 23.4 Å². The van der Waals surface area contributed by atoms with Gasteiger partial charge in [-0.25, -0.2) is 18.6 Å². The number of nitrogens with zero attached hydrogens (tertiary/aromatic N) is 5. The van der Waals surface area contributed by atoms with Crippen molar-refractivity contribution in [3.63, 3.8) is 0 Å². The number of aliphatic hydroxyl groups is 1. The Morgan fingerprint density at radius 2 is 2.00 bits per heavy atom. The highest BCUT2D eigenvalue weighted by molar-refractivity contribution is 6.29. The summed E-state index contributed by atoms with van der Waals surface area (Å²) < 4.78 is 36.1. The fraction of sp³-hybridized carbons (Fsp3) is 0.333. The lowest BCUT2D eigenvalue weighted by Crippen LogP contribution is -2.41. The molecular formula is C21H21ClF2N6O3. The summed E-state index contributed by atoms with van der Waals surface area (Å²) in [7, 11) is 1.68. The third kappa shape index (κ3) is 4.60. The fourth-order valence-corrected chi connectivity index (χ4v) is 3.77. The van der Waals surface area contributed by atoms with Crippen molar-refractivity contribution in [2.24, 2.45) is 7.05 Å². The van der Waals surface area contributed by atoms with Crippen molar-refractivity contribution >= 4 is 29.5 Å². The molecule has 3 heterocycles. The second-order valence-corrected chi connectivity index (χ2v) is 8.14. The second-order valence-electron chi connectivity index (χ2n) is 7.75. The first-order chi connectivity index (χ1) is 15.6. The maximum Gasteiger partial charge on any atom is 0.416 e. The lowest BCUT2D eigenvalue weighted by atomic mass is 10.0. The van der Waals surface area contributed by atoms with Gasteiger partial charge in [0.15, 0.2) is 0 Å². The Balaban J connectivity index is 1.61. The van der Waals surface area contributed by atoms with E-state index in [9.17, 15) is 18.7 Å². The molecule has 0 bridgehead atoms. The van der Waals surface area contributed by atoms with E-state index in [1.165, 1.54) is 28.8 Å². The van der Waals surface area contributed by atoms with E-state index in [0.29, 0.717) is 5.56 Å². The van der Waals surface area contributed by atoms with E-state index < -0.39 is 35.9 Å². The van der Waals surface area contributed by atoms with Gasteiger partial charge in [-0.3, -0.25) is 9.58 Å². The molecule has 0 spiro atoms. The van der Waals surface area contributed by atoms with Gasteiger partial charge in [-0.2, -0.15) is 10.1 Å². The predicted octanol–water partition coefficient (Wildman–Crippen LogP) is 3.69. The van der Waals surface area contributed by atoms with Gasteiger partial charge in [0, 0.05) is 36.0 Å². The fourth-order valence-electron chi connectivity index (χ4n) is 3.60. The zero-order valence-corrected chi connectivity index (χ0v) is 18.7. The van der Waals surface area contributed by atoms with Crippen LogP contribution in [0.15, 0.2) is 30.6 Å². The summed E-state index contributed by atoms with van der Waals surface area (Å²) in [4.78, 5) is 21.7. The van der Waals surface area contributed by atoms with Crippen LogP contribution >= 0.6 is 11.6 Å². The number of anilines is 2. The van der Waals surface area contributed by atoms with Crippen LogP contribution in [0.1, 0.15) is 25.5 Å². The van der Waals surface area contributed by atoms with Gasteiger partial charge in [0.25, 0.3) is 0 Å². The molecule has 3 aromatic rings. The molecule has 12 heteroatoms. The predicted molar refractivity (Wildman–Crippen MR) is 117 cm³/mol. The van der Waals surface area contributed by atoms with Crippen LogP contribution in [0.2, 0.25) is 5.15 Å². The largest absolute Gasteiger partial charge is 0.447 e. The van der Waals surface area contributed by atoms with Crippen LogP contribution in [-0.4, -0.2) is 49.7 Å². The van der Waals surface area contributed by atoms with Crippen molar-refractivity contribution in [1.29, 1.82) is 0 Å². The number of hydrogen-bond donors (Lipinski definition) is 2. The van der Waals surface area contributed by atoms with Crippen molar-refractivity contribution in [1.82, 2.24) is 19.7 Å². The summed E-state index contributed by atoms with van der Waals surface area (Å²) >= 11 is 6.11. The minimum absolute atomic E-state index is 0.00887. The standard InChI is InChI=1S/C21H21ClF2N6O3/c1-10(13-4-16(24)14(5-15(13)23)12-7-25-29(3)8-12)26-20-27-18(22)6-19(28-20)30-17(11(2)31)9-33-21(30)32/h4-8,10-11,17,31H,9H2,1-3H3,(H,26,27,28)/t10-,11+,17+/m0/s1. The molecule has 0 aliphatic carbocycles. The summed E-state index contributed by atoms with van der Waals surface area (Å²) in [6.07, 6.45) is 1.47. The van der Waals surface area contributed by atoms with Crippen LogP contribution in [0.4, 0.5) is 25.3 Å². The van der Waals surface area contributed by atoms with Crippen LogP contribution in [0, 0.1) is 11.6 Å². The van der Waals surface area contributed by atoms with Gasteiger partial charge < -0.3 is 15.2 Å². The van der Waals surface area contributed by atoms with Crippen LogP contribution in [0.5, 0.6) is 0 Å². The van der Waals surface area contributed by atoms with Gasteiger partial charge in [-0.15, -0.1) is 0 Å². The molecule has 2 aromatic heterocycles. The number of cyclic esters (lactones) is 1. The van der Waals surface area contributed by atoms with Gasteiger partial charge in [0.2, 0.25) is 5.95 Å². The first-order valence-corrected chi connectivity index (χ1v) is 10.4. The van der Waals surface area contributed by atoms with Crippen molar-refractivity contribution in [3.8, 4) is 11.1 Å². The van der Waals surface area contributed by atoms with Crippen molar-refractivity contribution in [2.75, 3.05) is 16.8 Å². The van der Waals surface area contributed by atoms with Gasteiger partial charge in [-0.1, -0.05) is 11.6 Å². The van der Waals surface area contributed by atoms with E-state index in [2.05, 4.69) is 20.4 Å². The van der Waals surface area contributed by atoms with Crippen LogP contribution in [0.25, 0.3) is 11.1 Å². The van der Waals surface area contributed by atoms with E-state index in [-0.39, 0.29) is 34.7 Å². The first kappa shape index (κ1) is 22.9. The minimum atomic E-state index is -0.879. The Bertz CT molecular complexity index is 1200. The highest BCUT2D eigenvalue weighted by Crippen LogP contribution is 2.30. The number of benzene rings is 1. The van der Waals surface area contributed by atoms with Crippen molar-refractivity contribution in [2.45, 2.75) is 32.0 Å². The van der Waals surface area contributed by atoms with Crippen LogP contribution in [-0.2, 0) is 11.8 Å². The van der Waals surface area contributed by atoms with E-state index in [0.717, 1.165) is 12.1 Å². The SMILES string of the molecule is C[C@H](Nc1nc(Cl)cc(N2C(=O)OC[C@@H]2[C@@H](C)O)n1)c1cc(F)c(-c2cnn(C)c2)cc1F. The van der Waals surface area contributed by atoms with Gasteiger partial charge in [0.1, 0.15) is 35.3 Å². The average molecular weight is 479 g/mol. The number of hydrogen-bond acceptors (Lipinski definition) is 7. The molecule has 1 amide bonds. The lowest BCUT2D eigenvalue weighted by Gasteiger charge is -2.23. The molecule has 0 saturated carbocycles. The van der Waals surface area contributed by atoms with E-state index >= 15 is 0 Å². The maximum absolute atomic E-state index is 14.9. The highest BCUT2D eigenvalue weighted by Gasteiger charge is 2.38. The minimum Gasteiger partial charge on any atom is -0.447 e. The molecule has 4 rings (SSSR count). The van der Waals surface area contributed by atoms with Gasteiger partial charge >= 0.3 is 6.09 Å². The summed E-state index contributed by atoms with van der Waals surface area (Å²) in [5.41, 5.74) is 0.594. The molecule has 0 radical (unpaired) electrons. The first-order valence-electron chi connectivity index (χ1n) is 10.1. The highest BCUT2D eigenvalue weighted by atomic mass is 35.5. The third-order valence-electron chi connectivity index (χ3n) is 5.31. The van der Waals surface area contributed by atoms with Crippen molar-refractivity contribution in [3.05, 3.63) is 52.9 Å². The molecule has 1 aliphatic heterocycles. The number of amides is 1. The molecule has 1 aliphatic rings. The summed E-state index contributed by atoms with van der Waals surface area (Å²) in [5.74, 6) is -1.14. The van der Waals surface area contributed by atoms with E-state index in [4.69, 9.17) is 16.3 Å². The van der Waals surface area contributed by atoms with E-state index in [1.807, 2.05) is 0 Å². The number of carbonyl (C=O) groups excluding carboxylic acids is 1. The number of halogens is 3. The number of aliphatic hydroxyl groups excluding tert-OH is 1. The molecule has 1 fully saturated rings. The molecule has 1 aromatic carbocycles. The van der Waals surface area contributed by atoms with Crippen LogP contribution in [0.3, 0.4) is 0 Å².